The highest BCUT2D eigenvalue weighted by Crippen LogP contribution is 2.30. The normalized spacial score (nSPS) is 14.1. The molecule has 0 saturated heterocycles. The molecule has 15 heavy (non-hydrogen) atoms. The summed E-state index contributed by atoms with van der Waals surface area (Å²) in [6.45, 7) is -0.0682. The number of halogens is 2. The fraction of sp³-hybridized carbons (Fsp3) is 0.300. The van der Waals surface area contributed by atoms with E-state index in [0.29, 0.717) is 29.3 Å². The first-order chi connectivity index (χ1) is 7.20. The van der Waals surface area contributed by atoms with E-state index in [1.165, 1.54) is 6.07 Å². The minimum absolute atomic E-state index is 0.0682. The molecule has 0 fully saturated rings. The number of anilines is 1. The molecular formula is C10H9ClFNO2. The zero-order chi connectivity index (χ0) is 10.8. The molecule has 1 N–H and O–H groups in total. The Labute approximate surface area is 91.2 Å². The van der Waals surface area contributed by atoms with Crippen LogP contribution in [-0.2, 0) is 11.2 Å². The minimum atomic E-state index is -0.356. The topological polar surface area (TPSA) is 38.3 Å². The van der Waals surface area contributed by atoms with E-state index < -0.39 is 0 Å². The molecule has 0 bridgehead atoms. The molecule has 0 atom stereocenters. The quantitative estimate of drug-likeness (QED) is 0.787. The summed E-state index contributed by atoms with van der Waals surface area (Å²) in [7, 11) is 0. The smallest absolute Gasteiger partial charge is 0.262 e. The Kier molecular flexibility index (Phi) is 2.77. The second-order valence-electron chi connectivity index (χ2n) is 3.22. The number of hydrogen-bond acceptors (Lipinski definition) is 2. The van der Waals surface area contributed by atoms with Gasteiger partial charge in [0.05, 0.1) is 5.69 Å². The largest absolute Gasteiger partial charge is 0.481 e. The summed E-state index contributed by atoms with van der Waals surface area (Å²) < 4.78 is 18.5. The molecule has 80 valence electrons. The molecule has 5 heteroatoms. The van der Waals surface area contributed by atoms with Crippen molar-refractivity contribution in [1.82, 2.24) is 0 Å². The monoisotopic (exact) mass is 229 g/mol. The number of rotatable bonds is 2. The second-order valence-corrected chi connectivity index (χ2v) is 3.59. The lowest BCUT2D eigenvalue weighted by atomic mass is 10.1. The average Bonchev–Trinajstić information content (AvgIpc) is 2.20. The van der Waals surface area contributed by atoms with Crippen LogP contribution < -0.4 is 10.1 Å². The predicted octanol–water partition coefficient (Wildman–Crippen LogP) is 1.94. The standard InChI is InChI=1S/C10H9ClFNO2/c11-2-1-6-3-8-9(4-7(6)12)15-5-10(14)13-8/h3-4H,1-2,5H2,(H,13,14). The SMILES string of the molecule is O=C1COc2cc(F)c(CCCl)cc2N1. The Balaban J connectivity index is 2.38. The van der Waals surface area contributed by atoms with E-state index in [1.54, 1.807) is 6.07 Å². The molecule has 0 unspecified atom stereocenters. The van der Waals surface area contributed by atoms with E-state index in [2.05, 4.69) is 5.32 Å². The van der Waals surface area contributed by atoms with Gasteiger partial charge in [-0.05, 0) is 18.1 Å². The maximum Gasteiger partial charge on any atom is 0.262 e. The van der Waals surface area contributed by atoms with Gasteiger partial charge >= 0.3 is 0 Å². The van der Waals surface area contributed by atoms with Crippen LogP contribution in [0.5, 0.6) is 5.75 Å². The number of amides is 1. The van der Waals surface area contributed by atoms with Crippen molar-refractivity contribution in [3.63, 3.8) is 0 Å². The van der Waals surface area contributed by atoms with Gasteiger partial charge in [0.15, 0.2) is 6.61 Å². The van der Waals surface area contributed by atoms with Crippen LogP contribution in [0.1, 0.15) is 5.56 Å². The fourth-order valence-electron chi connectivity index (χ4n) is 1.44. The van der Waals surface area contributed by atoms with Crippen molar-refractivity contribution >= 4 is 23.2 Å². The molecule has 0 spiro atoms. The second kappa shape index (κ2) is 4.06. The predicted molar refractivity (Wildman–Crippen MR) is 54.9 cm³/mol. The van der Waals surface area contributed by atoms with Crippen molar-refractivity contribution in [1.29, 1.82) is 0 Å². The highest BCUT2D eigenvalue weighted by molar-refractivity contribution is 6.18. The van der Waals surface area contributed by atoms with Gasteiger partial charge in [0.1, 0.15) is 11.6 Å². The number of fused-ring (bicyclic) bond motifs is 1. The molecule has 0 radical (unpaired) electrons. The van der Waals surface area contributed by atoms with Crippen LogP contribution in [0.4, 0.5) is 10.1 Å². The molecule has 3 nitrogen and oxygen atoms in total. The summed E-state index contributed by atoms with van der Waals surface area (Å²) in [5.74, 6) is 0.117. The Bertz CT molecular complexity index is 409. The maximum atomic E-state index is 13.4. The first kappa shape index (κ1) is 10.2. The van der Waals surface area contributed by atoms with Gasteiger partial charge < -0.3 is 10.1 Å². The number of aryl methyl sites for hydroxylation is 1. The lowest BCUT2D eigenvalue weighted by Crippen LogP contribution is -2.25. The Morgan fingerprint density at radius 1 is 1.53 bits per heavy atom. The highest BCUT2D eigenvalue weighted by Gasteiger charge is 2.18. The summed E-state index contributed by atoms with van der Waals surface area (Å²) in [4.78, 5) is 11.0. The van der Waals surface area contributed by atoms with Crippen molar-refractivity contribution in [2.75, 3.05) is 17.8 Å². The molecule has 0 aliphatic carbocycles. The minimum Gasteiger partial charge on any atom is -0.481 e. The van der Waals surface area contributed by atoms with E-state index in [9.17, 15) is 9.18 Å². The van der Waals surface area contributed by atoms with E-state index in [-0.39, 0.29) is 18.3 Å². The number of ether oxygens (including phenoxy) is 1. The van der Waals surface area contributed by atoms with Crippen LogP contribution in [0.15, 0.2) is 12.1 Å². The van der Waals surface area contributed by atoms with Crippen LogP contribution in [0.3, 0.4) is 0 Å². The van der Waals surface area contributed by atoms with E-state index in [1.807, 2.05) is 0 Å². The van der Waals surface area contributed by atoms with Crippen LogP contribution in [0.25, 0.3) is 0 Å². The lowest BCUT2D eigenvalue weighted by molar-refractivity contribution is -0.118. The first-order valence-electron chi connectivity index (χ1n) is 4.51. The van der Waals surface area contributed by atoms with Crippen molar-refractivity contribution in [3.05, 3.63) is 23.5 Å². The third-order valence-corrected chi connectivity index (χ3v) is 2.33. The zero-order valence-electron chi connectivity index (χ0n) is 7.85. The Morgan fingerprint density at radius 3 is 3.07 bits per heavy atom. The van der Waals surface area contributed by atoms with Crippen LogP contribution in [0.2, 0.25) is 0 Å². The maximum absolute atomic E-state index is 13.4. The summed E-state index contributed by atoms with van der Waals surface area (Å²) in [6, 6.07) is 2.83. The van der Waals surface area contributed by atoms with E-state index >= 15 is 0 Å². The molecule has 1 aromatic carbocycles. The molecule has 2 rings (SSSR count). The third kappa shape index (κ3) is 2.04. The fourth-order valence-corrected chi connectivity index (χ4v) is 1.64. The molecule has 1 aliphatic heterocycles. The lowest BCUT2D eigenvalue weighted by Gasteiger charge is -2.18. The van der Waals surface area contributed by atoms with Crippen molar-refractivity contribution in [3.8, 4) is 5.75 Å². The molecule has 0 saturated carbocycles. The van der Waals surface area contributed by atoms with Crippen molar-refractivity contribution in [2.24, 2.45) is 0 Å². The van der Waals surface area contributed by atoms with Crippen LogP contribution in [-0.4, -0.2) is 18.4 Å². The summed E-state index contributed by atoms with van der Waals surface area (Å²) >= 11 is 5.53. The highest BCUT2D eigenvalue weighted by atomic mass is 35.5. The summed E-state index contributed by atoms with van der Waals surface area (Å²) in [5.41, 5.74) is 0.988. The van der Waals surface area contributed by atoms with Gasteiger partial charge in [-0.1, -0.05) is 0 Å². The Hall–Kier alpha value is -1.29. The molecule has 1 aromatic rings. The summed E-state index contributed by atoms with van der Waals surface area (Å²) in [6.07, 6.45) is 0.427. The van der Waals surface area contributed by atoms with Gasteiger partial charge in [-0.15, -0.1) is 11.6 Å². The van der Waals surface area contributed by atoms with E-state index in [4.69, 9.17) is 16.3 Å². The third-order valence-electron chi connectivity index (χ3n) is 2.15. The molecule has 1 amide bonds. The number of carbonyl (C=O) groups excluding carboxylic acids is 1. The number of alkyl halides is 1. The van der Waals surface area contributed by atoms with Crippen LogP contribution >= 0.6 is 11.6 Å². The van der Waals surface area contributed by atoms with Gasteiger partial charge in [-0.3, -0.25) is 4.79 Å². The van der Waals surface area contributed by atoms with Gasteiger partial charge in [-0.2, -0.15) is 0 Å². The van der Waals surface area contributed by atoms with Gasteiger partial charge in [-0.25, -0.2) is 4.39 Å². The Morgan fingerprint density at radius 2 is 2.33 bits per heavy atom. The number of nitrogens with one attached hydrogen (secondary N) is 1. The molecule has 1 aliphatic rings. The van der Waals surface area contributed by atoms with Crippen molar-refractivity contribution in [2.45, 2.75) is 6.42 Å². The van der Waals surface area contributed by atoms with Gasteiger partial charge in [0.2, 0.25) is 0 Å². The first-order valence-corrected chi connectivity index (χ1v) is 5.05. The van der Waals surface area contributed by atoms with Crippen molar-refractivity contribution < 1.29 is 13.9 Å². The molecule has 0 aromatic heterocycles. The van der Waals surface area contributed by atoms with Gasteiger partial charge in [0, 0.05) is 11.9 Å². The zero-order valence-corrected chi connectivity index (χ0v) is 8.60. The van der Waals surface area contributed by atoms with Crippen LogP contribution in [0, 0.1) is 5.82 Å². The molecule has 1 heterocycles. The average molecular weight is 230 g/mol. The van der Waals surface area contributed by atoms with E-state index in [0.717, 1.165) is 0 Å². The summed E-state index contributed by atoms with van der Waals surface area (Å²) in [5, 5.41) is 2.61. The van der Waals surface area contributed by atoms with Gasteiger partial charge in [0.25, 0.3) is 5.91 Å². The molecular weight excluding hydrogens is 221 g/mol. The number of benzene rings is 1. The number of hydrogen-bond donors (Lipinski definition) is 1. The number of carbonyl (C=O) groups is 1.